The molecular weight excluding hydrogens is 224 g/mol. The first-order valence-electron chi connectivity index (χ1n) is 5.18. The zero-order valence-electron chi connectivity index (χ0n) is 9.29. The highest BCUT2D eigenvalue weighted by Crippen LogP contribution is 2.24. The van der Waals surface area contributed by atoms with Gasteiger partial charge in [-0.2, -0.15) is 5.26 Å². The maximum absolute atomic E-state index is 8.37. The second kappa shape index (κ2) is 7.10. The van der Waals surface area contributed by atoms with Crippen LogP contribution in [0.4, 0.5) is 0 Å². The van der Waals surface area contributed by atoms with Crippen LogP contribution in [0.15, 0.2) is 18.2 Å². The van der Waals surface area contributed by atoms with Gasteiger partial charge in [-0.3, -0.25) is 0 Å². The topological polar surface area (TPSA) is 45.0 Å². The Balaban J connectivity index is 2.38. The fourth-order valence-electron chi connectivity index (χ4n) is 1.35. The summed E-state index contributed by atoms with van der Waals surface area (Å²) in [5, 5.41) is 12.2. The number of halogens is 1. The highest BCUT2D eigenvalue weighted by atomic mass is 35.5. The summed E-state index contributed by atoms with van der Waals surface area (Å²) in [6.07, 6.45) is 1.47. The number of nitriles is 1. The number of nitrogens with one attached hydrogen (secondary N) is 1. The van der Waals surface area contributed by atoms with Crippen LogP contribution in [0.5, 0.6) is 5.75 Å². The Hall–Kier alpha value is -1.24. The number of hydrogen-bond donors (Lipinski definition) is 1. The van der Waals surface area contributed by atoms with Crippen LogP contribution < -0.4 is 10.1 Å². The molecule has 0 spiro atoms. The first kappa shape index (κ1) is 12.8. The fraction of sp³-hybridized carbons (Fsp3) is 0.417. The minimum atomic E-state index is 0.594. The molecule has 0 aromatic heterocycles. The third kappa shape index (κ3) is 4.09. The maximum Gasteiger partial charge on any atom is 0.137 e. The molecule has 0 atom stereocenters. The minimum absolute atomic E-state index is 0.594. The molecule has 0 aliphatic heterocycles. The van der Waals surface area contributed by atoms with Crippen molar-refractivity contribution in [3.05, 3.63) is 28.8 Å². The lowest BCUT2D eigenvalue weighted by Gasteiger charge is -2.07. The van der Waals surface area contributed by atoms with Crippen molar-refractivity contribution in [2.24, 2.45) is 0 Å². The molecule has 0 aliphatic carbocycles. The molecule has 1 rings (SSSR count). The highest BCUT2D eigenvalue weighted by molar-refractivity contribution is 6.32. The van der Waals surface area contributed by atoms with Crippen molar-refractivity contribution in [2.75, 3.05) is 13.7 Å². The molecule has 1 aromatic rings. The lowest BCUT2D eigenvalue weighted by molar-refractivity contribution is 0.415. The van der Waals surface area contributed by atoms with Gasteiger partial charge >= 0.3 is 0 Å². The maximum atomic E-state index is 8.37. The van der Waals surface area contributed by atoms with Crippen molar-refractivity contribution in [3.8, 4) is 11.8 Å². The lowest BCUT2D eigenvalue weighted by atomic mass is 10.2. The van der Waals surface area contributed by atoms with Crippen LogP contribution in [-0.2, 0) is 6.54 Å². The zero-order chi connectivity index (χ0) is 11.8. The van der Waals surface area contributed by atoms with Crippen molar-refractivity contribution in [1.82, 2.24) is 5.32 Å². The summed E-state index contributed by atoms with van der Waals surface area (Å²) in [4.78, 5) is 0. The molecule has 1 aromatic carbocycles. The van der Waals surface area contributed by atoms with Crippen molar-refractivity contribution in [1.29, 1.82) is 5.26 Å². The van der Waals surface area contributed by atoms with E-state index < -0.39 is 0 Å². The molecule has 0 aliphatic rings. The molecule has 0 radical (unpaired) electrons. The SMILES string of the molecule is COc1ccc(CNCCCC#N)cc1Cl. The third-order valence-electron chi connectivity index (χ3n) is 2.19. The third-order valence-corrected chi connectivity index (χ3v) is 2.48. The minimum Gasteiger partial charge on any atom is -0.495 e. The molecule has 0 bridgehead atoms. The van der Waals surface area contributed by atoms with Crippen LogP contribution in [0.1, 0.15) is 18.4 Å². The van der Waals surface area contributed by atoms with E-state index in [0.717, 1.165) is 25.1 Å². The quantitative estimate of drug-likeness (QED) is 0.776. The Morgan fingerprint density at radius 1 is 1.50 bits per heavy atom. The summed E-state index contributed by atoms with van der Waals surface area (Å²) >= 11 is 6.00. The number of nitrogens with zero attached hydrogens (tertiary/aromatic N) is 1. The largest absolute Gasteiger partial charge is 0.495 e. The Bertz CT molecular complexity index is 374. The number of hydrogen-bond acceptors (Lipinski definition) is 3. The van der Waals surface area contributed by atoms with Crippen LogP contribution in [-0.4, -0.2) is 13.7 Å². The molecule has 0 saturated carbocycles. The Labute approximate surface area is 101 Å². The predicted molar refractivity (Wildman–Crippen MR) is 64.6 cm³/mol. The van der Waals surface area contributed by atoms with Gasteiger partial charge in [-0.25, -0.2) is 0 Å². The average molecular weight is 239 g/mol. The van der Waals surface area contributed by atoms with E-state index in [2.05, 4.69) is 11.4 Å². The molecule has 4 heteroatoms. The van der Waals surface area contributed by atoms with E-state index in [1.807, 2.05) is 18.2 Å². The summed E-state index contributed by atoms with van der Waals surface area (Å²) in [5.74, 6) is 0.690. The summed E-state index contributed by atoms with van der Waals surface area (Å²) in [6.45, 7) is 1.60. The summed E-state index contributed by atoms with van der Waals surface area (Å²) in [6, 6.07) is 7.83. The first-order chi connectivity index (χ1) is 7.77. The van der Waals surface area contributed by atoms with Gasteiger partial charge in [0.2, 0.25) is 0 Å². The van der Waals surface area contributed by atoms with Crippen LogP contribution in [0.3, 0.4) is 0 Å². The van der Waals surface area contributed by atoms with Gasteiger partial charge in [-0.15, -0.1) is 0 Å². The van der Waals surface area contributed by atoms with Crippen molar-refractivity contribution >= 4 is 11.6 Å². The van der Waals surface area contributed by atoms with Crippen LogP contribution in [0.2, 0.25) is 5.02 Å². The van der Waals surface area contributed by atoms with Gasteiger partial charge in [0.1, 0.15) is 5.75 Å². The van der Waals surface area contributed by atoms with E-state index in [9.17, 15) is 0 Å². The van der Waals surface area contributed by atoms with Gasteiger partial charge in [-0.05, 0) is 30.7 Å². The Morgan fingerprint density at radius 3 is 2.94 bits per heavy atom. The summed E-state index contributed by atoms with van der Waals surface area (Å²) in [5.41, 5.74) is 1.11. The molecule has 0 heterocycles. The van der Waals surface area contributed by atoms with Crippen molar-refractivity contribution < 1.29 is 4.74 Å². The monoisotopic (exact) mass is 238 g/mol. The van der Waals surface area contributed by atoms with Gasteiger partial charge in [-0.1, -0.05) is 17.7 Å². The average Bonchev–Trinajstić information content (AvgIpc) is 2.29. The van der Waals surface area contributed by atoms with Crippen LogP contribution in [0, 0.1) is 11.3 Å². The highest BCUT2D eigenvalue weighted by Gasteiger charge is 2.01. The fourth-order valence-corrected chi connectivity index (χ4v) is 1.63. The number of benzene rings is 1. The molecular formula is C12H15ClN2O. The zero-order valence-corrected chi connectivity index (χ0v) is 10.0. The molecule has 0 amide bonds. The number of rotatable bonds is 6. The Morgan fingerprint density at radius 2 is 2.31 bits per heavy atom. The second-order valence-corrected chi connectivity index (χ2v) is 3.81. The van der Waals surface area contributed by atoms with Crippen molar-refractivity contribution in [2.45, 2.75) is 19.4 Å². The van der Waals surface area contributed by atoms with E-state index in [1.165, 1.54) is 0 Å². The van der Waals surface area contributed by atoms with E-state index in [1.54, 1.807) is 7.11 Å². The van der Waals surface area contributed by atoms with Gasteiger partial charge < -0.3 is 10.1 Å². The standard InChI is InChI=1S/C12H15ClN2O/c1-16-12-5-4-10(8-11(12)13)9-15-7-3-2-6-14/h4-5,8,15H,2-3,7,9H2,1H3. The van der Waals surface area contributed by atoms with Gasteiger partial charge in [0.25, 0.3) is 0 Å². The normalized spacial score (nSPS) is 9.81. The van der Waals surface area contributed by atoms with Gasteiger partial charge in [0.05, 0.1) is 18.2 Å². The molecule has 1 N–H and O–H groups in total. The molecule has 86 valence electrons. The second-order valence-electron chi connectivity index (χ2n) is 3.41. The van der Waals surface area contributed by atoms with Crippen LogP contribution in [0.25, 0.3) is 0 Å². The molecule has 16 heavy (non-hydrogen) atoms. The first-order valence-corrected chi connectivity index (χ1v) is 5.56. The lowest BCUT2D eigenvalue weighted by Crippen LogP contribution is -2.14. The van der Waals surface area contributed by atoms with Gasteiger partial charge in [0, 0.05) is 13.0 Å². The predicted octanol–water partition coefficient (Wildman–Crippen LogP) is 2.74. The summed E-state index contributed by atoms with van der Waals surface area (Å²) in [7, 11) is 1.60. The van der Waals surface area contributed by atoms with Crippen molar-refractivity contribution in [3.63, 3.8) is 0 Å². The van der Waals surface area contributed by atoms with E-state index in [0.29, 0.717) is 17.2 Å². The molecule has 3 nitrogen and oxygen atoms in total. The number of methoxy groups -OCH3 is 1. The Kier molecular flexibility index (Phi) is 5.69. The van der Waals surface area contributed by atoms with Crippen LogP contribution >= 0.6 is 11.6 Å². The van der Waals surface area contributed by atoms with E-state index in [4.69, 9.17) is 21.6 Å². The van der Waals surface area contributed by atoms with E-state index in [-0.39, 0.29) is 0 Å². The number of ether oxygens (including phenoxy) is 1. The molecule has 0 saturated heterocycles. The summed E-state index contributed by atoms with van der Waals surface area (Å²) < 4.78 is 5.07. The molecule has 0 unspecified atom stereocenters. The molecule has 0 fully saturated rings. The number of unbranched alkanes of at least 4 members (excludes halogenated alkanes) is 1. The smallest absolute Gasteiger partial charge is 0.137 e. The van der Waals surface area contributed by atoms with Gasteiger partial charge in [0.15, 0.2) is 0 Å². The van der Waals surface area contributed by atoms with E-state index >= 15 is 0 Å².